The van der Waals surface area contributed by atoms with Crippen molar-refractivity contribution in [3.8, 4) is 0 Å². The van der Waals surface area contributed by atoms with E-state index in [0.29, 0.717) is 12.5 Å². The van der Waals surface area contributed by atoms with Crippen LogP contribution in [-0.2, 0) is 11.2 Å². The number of hydrogen-bond acceptors (Lipinski definition) is 2. The first kappa shape index (κ1) is 15.0. The highest BCUT2D eigenvalue weighted by atomic mass is 16.1. The zero-order valence-corrected chi connectivity index (χ0v) is 12.8. The van der Waals surface area contributed by atoms with Crippen molar-refractivity contribution < 1.29 is 4.79 Å². The molecule has 1 aromatic rings. The van der Waals surface area contributed by atoms with Crippen molar-refractivity contribution in [1.29, 1.82) is 0 Å². The number of carbonyl (C=O) groups excluding carboxylic acids is 1. The number of hydrogen-bond donors (Lipinski definition) is 2. The topological polar surface area (TPSA) is 41.1 Å². The molecule has 2 rings (SSSR count). The highest BCUT2D eigenvalue weighted by Crippen LogP contribution is 2.13. The van der Waals surface area contributed by atoms with Crippen LogP contribution >= 0.6 is 0 Å². The Morgan fingerprint density at radius 1 is 1.40 bits per heavy atom. The molecule has 2 unspecified atom stereocenters. The van der Waals surface area contributed by atoms with Crippen LogP contribution in [0.3, 0.4) is 0 Å². The molecule has 1 amide bonds. The highest BCUT2D eigenvalue weighted by Gasteiger charge is 2.22. The van der Waals surface area contributed by atoms with Crippen molar-refractivity contribution in [1.82, 2.24) is 10.6 Å². The summed E-state index contributed by atoms with van der Waals surface area (Å²) in [6.45, 7) is 7.43. The Morgan fingerprint density at radius 2 is 2.20 bits per heavy atom. The first-order chi connectivity index (χ1) is 9.56. The number of rotatable bonds is 4. The van der Waals surface area contributed by atoms with Gasteiger partial charge in [-0.3, -0.25) is 4.79 Å². The Morgan fingerprint density at radius 3 is 2.90 bits per heavy atom. The summed E-state index contributed by atoms with van der Waals surface area (Å²) in [6.07, 6.45) is 3.63. The number of benzene rings is 1. The van der Waals surface area contributed by atoms with Crippen LogP contribution in [0.2, 0.25) is 0 Å². The second-order valence-electron chi connectivity index (χ2n) is 5.99. The Balaban J connectivity index is 1.82. The molecule has 1 aliphatic rings. The summed E-state index contributed by atoms with van der Waals surface area (Å²) in [5.41, 5.74) is 3.84. The largest absolute Gasteiger partial charge is 0.352 e. The van der Waals surface area contributed by atoms with E-state index < -0.39 is 0 Å². The zero-order chi connectivity index (χ0) is 14.5. The van der Waals surface area contributed by atoms with Crippen LogP contribution in [0.4, 0.5) is 0 Å². The smallest absolute Gasteiger partial charge is 0.220 e. The zero-order valence-electron chi connectivity index (χ0n) is 12.8. The Kier molecular flexibility index (Phi) is 5.18. The van der Waals surface area contributed by atoms with Gasteiger partial charge in [-0.15, -0.1) is 0 Å². The number of carbonyl (C=O) groups is 1. The van der Waals surface area contributed by atoms with E-state index >= 15 is 0 Å². The predicted molar refractivity (Wildman–Crippen MR) is 82.9 cm³/mol. The lowest BCUT2D eigenvalue weighted by Crippen LogP contribution is -2.51. The third kappa shape index (κ3) is 4.07. The number of amides is 1. The summed E-state index contributed by atoms with van der Waals surface area (Å²) in [5, 5.41) is 6.58. The van der Waals surface area contributed by atoms with E-state index in [1.54, 1.807) is 0 Å². The van der Waals surface area contributed by atoms with Gasteiger partial charge in [-0.05, 0) is 57.7 Å². The number of piperidine rings is 1. The van der Waals surface area contributed by atoms with Crippen LogP contribution in [0.25, 0.3) is 0 Å². The maximum Gasteiger partial charge on any atom is 0.220 e. The van der Waals surface area contributed by atoms with Gasteiger partial charge in [-0.25, -0.2) is 0 Å². The maximum atomic E-state index is 12.1. The first-order valence-corrected chi connectivity index (χ1v) is 7.65. The quantitative estimate of drug-likeness (QED) is 0.885. The lowest BCUT2D eigenvalue weighted by Gasteiger charge is -2.30. The molecule has 0 aliphatic carbocycles. The number of aryl methyl sites for hydroxylation is 3. The summed E-state index contributed by atoms with van der Waals surface area (Å²) in [7, 11) is 0. The minimum absolute atomic E-state index is 0.172. The SMILES string of the molecule is Cc1ccc(CCC(=O)NC2CCCNC2C)c(C)c1. The van der Waals surface area contributed by atoms with E-state index in [1.807, 2.05) is 0 Å². The summed E-state index contributed by atoms with van der Waals surface area (Å²) in [5.74, 6) is 0.172. The fourth-order valence-corrected chi connectivity index (χ4v) is 2.89. The lowest BCUT2D eigenvalue weighted by atomic mass is 9.98. The molecule has 1 heterocycles. The summed E-state index contributed by atoms with van der Waals surface area (Å²) >= 11 is 0. The average molecular weight is 274 g/mol. The Hall–Kier alpha value is -1.35. The predicted octanol–water partition coefficient (Wildman–Crippen LogP) is 2.49. The van der Waals surface area contributed by atoms with Gasteiger partial charge in [0.05, 0.1) is 0 Å². The standard InChI is InChI=1S/C17H26N2O/c1-12-6-7-15(13(2)11-12)8-9-17(20)19-16-5-4-10-18-14(16)3/h6-7,11,14,16,18H,4-5,8-10H2,1-3H3,(H,19,20). The van der Waals surface area contributed by atoms with Crippen molar-refractivity contribution >= 4 is 5.91 Å². The second kappa shape index (κ2) is 6.89. The highest BCUT2D eigenvalue weighted by molar-refractivity contribution is 5.76. The third-order valence-electron chi connectivity index (χ3n) is 4.23. The molecule has 0 aromatic heterocycles. The second-order valence-corrected chi connectivity index (χ2v) is 5.99. The summed E-state index contributed by atoms with van der Waals surface area (Å²) < 4.78 is 0. The normalized spacial score (nSPS) is 22.6. The van der Waals surface area contributed by atoms with Gasteiger partial charge < -0.3 is 10.6 Å². The molecule has 2 N–H and O–H groups in total. The molecule has 20 heavy (non-hydrogen) atoms. The van der Waals surface area contributed by atoms with Crippen molar-refractivity contribution in [3.63, 3.8) is 0 Å². The molecule has 1 aromatic carbocycles. The van der Waals surface area contributed by atoms with Crippen LogP contribution in [-0.4, -0.2) is 24.5 Å². The number of nitrogens with one attached hydrogen (secondary N) is 2. The molecule has 0 spiro atoms. The van der Waals surface area contributed by atoms with Crippen LogP contribution in [0.5, 0.6) is 0 Å². The van der Waals surface area contributed by atoms with Crippen molar-refractivity contribution in [3.05, 3.63) is 34.9 Å². The summed E-state index contributed by atoms with van der Waals surface area (Å²) in [6, 6.07) is 7.11. The fourth-order valence-electron chi connectivity index (χ4n) is 2.89. The van der Waals surface area contributed by atoms with Gasteiger partial charge in [-0.2, -0.15) is 0 Å². The molecule has 1 fully saturated rings. The third-order valence-corrected chi connectivity index (χ3v) is 4.23. The van der Waals surface area contributed by atoms with Crippen molar-refractivity contribution in [2.45, 2.75) is 58.5 Å². The molecule has 0 bridgehead atoms. The maximum absolute atomic E-state index is 12.1. The molecular weight excluding hydrogens is 248 g/mol. The van der Waals surface area contributed by atoms with Gasteiger partial charge in [-0.1, -0.05) is 23.8 Å². The van der Waals surface area contributed by atoms with Crippen LogP contribution < -0.4 is 10.6 Å². The van der Waals surface area contributed by atoms with Crippen LogP contribution in [0.15, 0.2) is 18.2 Å². The van der Waals surface area contributed by atoms with Gasteiger partial charge in [0.2, 0.25) is 5.91 Å². The van der Waals surface area contributed by atoms with E-state index in [4.69, 9.17) is 0 Å². The van der Waals surface area contributed by atoms with Gasteiger partial charge in [0, 0.05) is 18.5 Å². The Labute approximate surface area is 122 Å². The van der Waals surface area contributed by atoms with Gasteiger partial charge in [0.25, 0.3) is 0 Å². The Bertz CT molecular complexity index is 470. The van der Waals surface area contributed by atoms with Gasteiger partial charge >= 0.3 is 0 Å². The molecule has 0 radical (unpaired) electrons. The molecular formula is C17H26N2O. The first-order valence-electron chi connectivity index (χ1n) is 7.65. The van der Waals surface area contributed by atoms with E-state index in [0.717, 1.165) is 25.8 Å². The molecule has 0 saturated carbocycles. The minimum Gasteiger partial charge on any atom is -0.352 e. The molecule has 3 nitrogen and oxygen atoms in total. The molecule has 1 saturated heterocycles. The van der Waals surface area contributed by atoms with Gasteiger partial charge in [0.1, 0.15) is 0 Å². The van der Waals surface area contributed by atoms with E-state index in [1.165, 1.54) is 16.7 Å². The molecule has 110 valence electrons. The minimum atomic E-state index is 0.172. The van der Waals surface area contributed by atoms with Gasteiger partial charge in [0.15, 0.2) is 0 Å². The summed E-state index contributed by atoms with van der Waals surface area (Å²) in [4.78, 5) is 12.1. The monoisotopic (exact) mass is 274 g/mol. The van der Waals surface area contributed by atoms with E-state index in [9.17, 15) is 4.79 Å². The lowest BCUT2D eigenvalue weighted by molar-refractivity contribution is -0.122. The van der Waals surface area contributed by atoms with Crippen LogP contribution in [0, 0.1) is 13.8 Å². The molecule has 2 atom stereocenters. The van der Waals surface area contributed by atoms with E-state index in [-0.39, 0.29) is 11.9 Å². The van der Waals surface area contributed by atoms with Crippen molar-refractivity contribution in [2.24, 2.45) is 0 Å². The van der Waals surface area contributed by atoms with Crippen molar-refractivity contribution in [2.75, 3.05) is 6.54 Å². The fraction of sp³-hybridized carbons (Fsp3) is 0.588. The van der Waals surface area contributed by atoms with E-state index in [2.05, 4.69) is 49.6 Å². The molecule has 1 aliphatic heterocycles. The molecule has 3 heteroatoms. The average Bonchev–Trinajstić information content (AvgIpc) is 2.40. The van der Waals surface area contributed by atoms with Crippen LogP contribution in [0.1, 0.15) is 42.9 Å².